The molecule has 0 nitrogen and oxygen atoms in total. The zero-order valence-electron chi connectivity index (χ0n) is 18.6. The monoisotopic (exact) mass is 429 g/mol. The molecule has 0 amide bonds. The Labute approximate surface area is 198 Å². The summed E-state index contributed by atoms with van der Waals surface area (Å²) in [5.74, 6) is 0. The van der Waals surface area contributed by atoms with Gasteiger partial charge in [0.1, 0.15) is 0 Å². The van der Waals surface area contributed by atoms with Gasteiger partial charge in [-0.25, -0.2) is 0 Å². The summed E-state index contributed by atoms with van der Waals surface area (Å²) in [4.78, 5) is 0. The molecule has 34 heavy (non-hydrogen) atoms. The van der Waals surface area contributed by atoms with Crippen LogP contribution in [-0.4, -0.2) is 0 Å². The summed E-state index contributed by atoms with van der Waals surface area (Å²) in [5, 5.41) is 9.95. The molecule has 7 aromatic rings. The van der Waals surface area contributed by atoms with Crippen LogP contribution in [0.25, 0.3) is 65.3 Å². The van der Waals surface area contributed by atoms with E-state index in [2.05, 4.69) is 133 Å². The first-order valence-electron chi connectivity index (χ1n) is 11.7. The van der Waals surface area contributed by atoms with Crippen LogP contribution in [0.1, 0.15) is 0 Å². The Morgan fingerprint density at radius 2 is 0.941 bits per heavy atom. The zero-order chi connectivity index (χ0) is 22.5. The third-order valence-electron chi connectivity index (χ3n) is 6.97. The molecule has 0 saturated carbocycles. The smallest absolute Gasteiger partial charge is 0.00199 e. The van der Waals surface area contributed by atoms with Crippen molar-refractivity contribution in [1.29, 1.82) is 0 Å². The summed E-state index contributed by atoms with van der Waals surface area (Å²) in [6.45, 7) is 0. The Morgan fingerprint density at radius 3 is 1.71 bits per heavy atom. The molecule has 0 fully saturated rings. The van der Waals surface area contributed by atoms with Gasteiger partial charge in [0.25, 0.3) is 0 Å². The predicted octanol–water partition coefficient (Wildman–Crippen LogP) is 9.43. The van der Waals surface area contributed by atoms with Crippen LogP contribution in [0, 0.1) is 6.07 Å². The lowest BCUT2D eigenvalue weighted by Crippen LogP contribution is -1.91. The Morgan fingerprint density at radius 1 is 0.353 bits per heavy atom. The van der Waals surface area contributed by atoms with E-state index >= 15 is 0 Å². The topological polar surface area (TPSA) is 0 Å². The molecule has 0 aliphatic rings. The summed E-state index contributed by atoms with van der Waals surface area (Å²) in [6.07, 6.45) is 0. The van der Waals surface area contributed by atoms with Gasteiger partial charge in [0.2, 0.25) is 0 Å². The molecule has 0 heterocycles. The summed E-state index contributed by atoms with van der Waals surface area (Å²) >= 11 is 0. The number of fused-ring (bicyclic) bond motifs is 5. The van der Waals surface area contributed by atoms with Crippen molar-refractivity contribution in [2.75, 3.05) is 0 Å². The molecular formula is C34H21. The van der Waals surface area contributed by atoms with E-state index in [-0.39, 0.29) is 0 Å². The minimum atomic E-state index is 1.15. The van der Waals surface area contributed by atoms with Crippen molar-refractivity contribution in [2.24, 2.45) is 0 Å². The van der Waals surface area contributed by atoms with E-state index in [1.807, 2.05) is 0 Å². The van der Waals surface area contributed by atoms with Gasteiger partial charge in [0, 0.05) is 0 Å². The van der Waals surface area contributed by atoms with E-state index in [1.165, 1.54) is 60.0 Å². The minimum absolute atomic E-state index is 1.15. The van der Waals surface area contributed by atoms with Gasteiger partial charge in [-0.2, -0.15) is 0 Å². The fourth-order valence-electron chi connectivity index (χ4n) is 5.42. The van der Waals surface area contributed by atoms with Crippen molar-refractivity contribution in [3.05, 3.63) is 133 Å². The van der Waals surface area contributed by atoms with Crippen molar-refractivity contribution < 1.29 is 0 Å². The second-order valence-corrected chi connectivity index (χ2v) is 8.84. The summed E-state index contributed by atoms with van der Waals surface area (Å²) in [6, 6.07) is 49.5. The second kappa shape index (κ2) is 7.57. The summed E-state index contributed by atoms with van der Waals surface area (Å²) in [7, 11) is 0. The maximum Gasteiger partial charge on any atom is -0.00199 e. The van der Waals surface area contributed by atoms with Gasteiger partial charge in [0.15, 0.2) is 0 Å². The Balaban J connectivity index is 1.68. The minimum Gasteiger partial charge on any atom is -0.0616 e. The van der Waals surface area contributed by atoms with E-state index in [9.17, 15) is 0 Å². The third-order valence-corrected chi connectivity index (χ3v) is 6.97. The van der Waals surface area contributed by atoms with Crippen molar-refractivity contribution in [3.63, 3.8) is 0 Å². The summed E-state index contributed by atoms with van der Waals surface area (Å²) in [5.41, 5.74) is 5.04. The summed E-state index contributed by atoms with van der Waals surface area (Å²) < 4.78 is 0. The van der Waals surface area contributed by atoms with Crippen LogP contribution in [0.3, 0.4) is 0 Å². The molecule has 157 valence electrons. The van der Waals surface area contributed by atoms with Gasteiger partial charge in [-0.05, 0) is 77.5 Å². The van der Waals surface area contributed by atoms with Crippen molar-refractivity contribution in [1.82, 2.24) is 0 Å². The molecule has 0 aromatic heterocycles. The fourth-order valence-corrected chi connectivity index (χ4v) is 5.42. The van der Waals surface area contributed by atoms with Gasteiger partial charge in [-0.15, -0.1) is 0 Å². The molecule has 0 heteroatoms. The molecular weight excluding hydrogens is 408 g/mol. The molecule has 0 N–H and O–H groups in total. The van der Waals surface area contributed by atoms with Crippen LogP contribution >= 0.6 is 0 Å². The molecule has 0 saturated heterocycles. The number of hydrogen-bond acceptors (Lipinski definition) is 0. The van der Waals surface area contributed by atoms with Crippen LogP contribution in [0.4, 0.5) is 0 Å². The van der Waals surface area contributed by atoms with Crippen LogP contribution in [0.5, 0.6) is 0 Å². The highest BCUT2D eigenvalue weighted by atomic mass is 14.2. The number of rotatable bonds is 2. The van der Waals surface area contributed by atoms with Gasteiger partial charge >= 0.3 is 0 Å². The van der Waals surface area contributed by atoms with Crippen molar-refractivity contribution in [3.8, 4) is 22.3 Å². The van der Waals surface area contributed by atoms with Crippen molar-refractivity contribution >= 4 is 43.1 Å². The first kappa shape index (κ1) is 19.1. The van der Waals surface area contributed by atoms with E-state index in [4.69, 9.17) is 0 Å². The molecule has 7 rings (SSSR count). The number of benzene rings is 7. The normalized spacial score (nSPS) is 11.5. The maximum absolute atomic E-state index is 3.57. The Bertz CT molecular complexity index is 1850. The molecule has 0 spiro atoms. The average Bonchev–Trinajstić information content (AvgIpc) is 2.91. The highest BCUT2D eigenvalue weighted by Gasteiger charge is 2.17. The standard InChI is InChI=1S/C34H21/c1-4-14-26-23(9-1)12-7-17-29(26)33-22-21-30-27-15-5-3-11-25(27)19-20-32(30)34(33)31-18-8-13-24-10-2-6-16-28(24)31/h1-18,20-22H. The van der Waals surface area contributed by atoms with E-state index in [1.54, 1.807) is 0 Å². The first-order valence-corrected chi connectivity index (χ1v) is 11.7. The third kappa shape index (κ3) is 2.86. The SMILES string of the molecule is [c]1cc2c(-c3cccc4ccccc34)c(-c3cccc4ccccc34)ccc2c2ccccc12. The molecule has 0 aliphatic heterocycles. The lowest BCUT2D eigenvalue weighted by molar-refractivity contribution is 1.65. The van der Waals surface area contributed by atoms with E-state index < -0.39 is 0 Å². The number of hydrogen-bond donors (Lipinski definition) is 0. The Kier molecular flexibility index (Phi) is 4.25. The van der Waals surface area contributed by atoms with Crippen LogP contribution in [0.2, 0.25) is 0 Å². The largest absolute Gasteiger partial charge is 0.0616 e. The Hall–Kier alpha value is -4.42. The first-order chi connectivity index (χ1) is 16.9. The molecule has 7 aromatic carbocycles. The molecule has 0 bridgehead atoms. The van der Waals surface area contributed by atoms with E-state index in [0.29, 0.717) is 0 Å². The van der Waals surface area contributed by atoms with E-state index in [0.717, 1.165) is 5.39 Å². The molecule has 0 unspecified atom stereocenters. The van der Waals surface area contributed by atoms with Crippen LogP contribution < -0.4 is 0 Å². The fraction of sp³-hybridized carbons (Fsp3) is 0. The second-order valence-electron chi connectivity index (χ2n) is 8.84. The highest BCUT2D eigenvalue weighted by Crippen LogP contribution is 2.44. The lowest BCUT2D eigenvalue weighted by atomic mass is 9.85. The average molecular weight is 430 g/mol. The maximum atomic E-state index is 3.57. The lowest BCUT2D eigenvalue weighted by Gasteiger charge is -2.18. The quantitative estimate of drug-likeness (QED) is 0.240. The molecule has 0 atom stereocenters. The highest BCUT2D eigenvalue weighted by molar-refractivity contribution is 6.18. The van der Waals surface area contributed by atoms with Gasteiger partial charge in [-0.3, -0.25) is 0 Å². The van der Waals surface area contributed by atoms with Gasteiger partial charge < -0.3 is 0 Å². The predicted molar refractivity (Wildman–Crippen MR) is 146 cm³/mol. The van der Waals surface area contributed by atoms with Crippen molar-refractivity contribution in [2.45, 2.75) is 0 Å². The van der Waals surface area contributed by atoms with Crippen LogP contribution in [-0.2, 0) is 0 Å². The zero-order valence-corrected chi connectivity index (χ0v) is 18.6. The van der Waals surface area contributed by atoms with Crippen LogP contribution in [0.15, 0.2) is 127 Å². The van der Waals surface area contributed by atoms with Gasteiger partial charge in [0.05, 0.1) is 0 Å². The van der Waals surface area contributed by atoms with Gasteiger partial charge in [-0.1, -0.05) is 121 Å². The molecule has 1 radical (unpaired) electrons. The molecule has 0 aliphatic carbocycles.